The summed E-state index contributed by atoms with van der Waals surface area (Å²) in [7, 11) is 5.65. The molecule has 7 heteroatoms. The first-order chi connectivity index (χ1) is 15.5. The summed E-state index contributed by atoms with van der Waals surface area (Å²) in [6.45, 7) is 5.69. The number of amides is 2. The highest BCUT2D eigenvalue weighted by atomic mass is 16.5. The van der Waals surface area contributed by atoms with E-state index in [0.29, 0.717) is 48.8 Å². The number of carbonyl (C=O) groups is 2. The van der Waals surface area contributed by atoms with E-state index in [2.05, 4.69) is 18.9 Å². The van der Waals surface area contributed by atoms with E-state index in [9.17, 15) is 9.59 Å². The third-order valence-corrected chi connectivity index (χ3v) is 6.42. The number of hydrogen-bond donors (Lipinski definition) is 0. The number of piperidine rings is 1. The highest BCUT2D eigenvalue weighted by molar-refractivity contribution is 6.36. The lowest BCUT2D eigenvalue weighted by atomic mass is 9.99. The number of likely N-dealkylation sites (tertiary alicyclic amines) is 1. The molecule has 0 bridgehead atoms. The van der Waals surface area contributed by atoms with Gasteiger partial charge in [0.25, 0.3) is 11.8 Å². The van der Waals surface area contributed by atoms with Crippen LogP contribution in [0, 0.1) is 0 Å². The number of carbonyl (C=O) groups excluding carboxylic acids is 2. The van der Waals surface area contributed by atoms with Crippen LogP contribution < -0.4 is 4.74 Å². The molecule has 1 aromatic carbocycles. The van der Waals surface area contributed by atoms with Gasteiger partial charge in [-0.15, -0.1) is 0 Å². The molecule has 2 heterocycles. The molecule has 0 spiro atoms. The topological polar surface area (TPSA) is 62.3 Å². The van der Waals surface area contributed by atoms with E-state index in [0.717, 1.165) is 38.8 Å². The van der Waals surface area contributed by atoms with Crippen LogP contribution >= 0.6 is 0 Å². The molecule has 176 valence electrons. The SMILES string of the molecule is CCCCOCCCN1C(=O)C(c2ccccc2OC)=C(N(C)C2CCN(C)CC2)C1=O. The quantitative estimate of drug-likeness (QED) is 0.387. The van der Waals surface area contributed by atoms with Crippen LogP contribution in [0.1, 0.15) is 44.6 Å². The van der Waals surface area contributed by atoms with E-state index in [-0.39, 0.29) is 17.9 Å². The Hall–Kier alpha value is -2.38. The number of nitrogens with zero attached hydrogens (tertiary/aromatic N) is 3. The average Bonchev–Trinajstić information content (AvgIpc) is 3.05. The van der Waals surface area contributed by atoms with Crippen molar-refractivity contribution >= 4 is 17.4 Å². The van der Waals surface area contributed by atoms with E-state index < -0.39 is 0 Å². The first kappa shape index (κ1) is 24.3. The van der Waals surface area contributed by atoms with Gasteiger partial charge in [-0.3, -0.25) is 14.5 Å². The zero-order valence-corrected chi connectivity index (χ0v) is 19.9. The Morgan fingerprint density at radius 1 is 1.06 bits per heavy atom. The van der Waals surface area contributed by atoms with Crippen LogP contribution in [-0.2, 0) is 14.3 Å². The predicted molar refractivity (Wildman–Crippen MR) is 125 cm³/mol. The Bertz CT molecular complexity index is 830. The van der Waals surface area contributed by atoms with Crippen molar-refractivity contribution in [3.05, 3.63) is 35.5 Å². The van der Waals surface area contributed by atoms with E-state index in [1.165, 1.54) is 4.90 Å². The van der Waals surface area contributed by atoms with Gasteiger partial charge in [-0.25, -0.2) is 0 Å². The molecule has 0 N–H and O–H groups in total. The van der Waals surface area contributed by atoms with Crippen LogP contribution in [0.2, 0.25) is 0 Å². The second-order valence-corrected chi connectivity index (χ2v) is 8.65. The highest BCUT2D eigenvalue weighted by Gasteiger charge is 2.42. The van der Waals surface area contributed by atoms with Crippen LogP contribution in [0.15, 0.2) is 30.0 Å². The third kappa shape index (κ3) is 5.33. The lowest BCUT2D eigenvalue weighted by molar-refractivity contribution is -0.137. The smallest absolute Gasteiger partial charge is 0.277 e. The molecule has 2 amide bonds. The van der Waals surface area contributed by atoms with E-state index in [4.69, 9.17) is 9.47 Å². The van der Waals surface area contributed by atoms with E-state index >= 15 is 0 Å². The Morgan fingerprint density at radius 2 is 1.75 bits per heavy atom. The minimum absolute atomic E-state index is 0.217. The number of likely N-dealkylation sites (N-methyl/N-ethyl adjacent to an activating group) is 1. The summed E-state index contributed by atoms with van der Waals surface area (Å²) in [6.07, 6.45) is 4.66. The molecule has 0 radical (unpaired) electrons. The summed E-state index contributed by atoms with van der Waals surface area (Å²) in [5.41, 5.74) is 1.60. The fraction of sp³-hybridized carbons (Fsp3) is 0.600. The van der Waals surface area contributed by atoms with Gasteiger partial charge in [-0.05, 0) is 51.9 Å². The molecule has 2 aliphatic rings. The lowest BCUT2D eigenvalue weighted by Gasteiger charge is -2.36. The molecule has 0 unspecified atom stereocenters. The average molecular weight is 444 g/mol. The van der Waals surface area contributed by atoms with Gasteiger partial charge in [0.1, 0.15) is 11.4 Å². The van der Waals surface area contributed by atoms with Crippen molar-refractivity contribution in [1.29, 1.82) is 0 Å². The molecule has 0 aliphatic carbocycles. The number of hydrogen-bond acceptors (Lipinski definition) is 6. The summed E-state index contributed by atoms with van der Waals surface area (Å²) in [6, 6.07) is 7.66. The molecular weight excluding hydrogens is 406 g/mol. The predicted octanol–water partition coefficient (Wildman–Crippen LogP) is 3.01. The van der Waals surface area contributed by atoms with Crippen LogP contribution in [-0.4, -0.2) is 86.6 Å². The van der Waals surface area contributed by atoms with Crippen molar-refractivity contribution in [1.82, 2.24) is 14.7 Å². The van der Waals surface area contributed by atoms with Gasteiger partial charge in [0.05, 0.1) is 12.7 Å². The number of ether oxygens (including phenoxy) is 2. The van der Waals surface area contributed by atoms with E-state index in [1.807, 2.05) is 36.2 Å². The van der Waals surface area contributed by atoms with Crippen molar-refractivity contribution in [2.75, 3.05) is 54.1 Å². The van der Waals surface area contributed by atoms with Gasteiger partial charge in [0.2, 0.25) is 0 Å². The summed E-state index contributed by atoms with van der Waals surface area (Å²) in [4.78, 5) is 32.8. The van der Waals surface area contributed by atoms with Gasteiger partial charge in [0.15, 0.2) is 0 Å². The number of methoxy groups -OCH3 is 1. The monoisotopic (exact) mass is 443 g/mol. The number of imide groups is 1. The largest absolute Gasteiger partial charge is 0.496 e. The maximum absolute atomic E-state index is 13.5. The third-order valence-electron chi connectivity index (χ3n) is 6.42. The maximum atomic E-state index is 13.5. The second kappa shape index (κ2) is 11.5. The summed E-state index contributed by atoms with van der Waals surface area (Å²) >= 11 is 0. The summed E-state index contributed by atoms with van der Waals surface area (Å²) in [5, 5.41) is 0. The molecule has 1 aromatic rings. The molecule has 1 fully saturated rings. The fourth-order valence-corrected chi connectivity index (χ4v) is 4.43. The van der Waals surface area contributed by atoms with Crippen LogP contribution in [0.25, 0.3) is 5.57 Å². The Labute approximate surface area is 191 Å². The van der Waals surface area contributed by atoms with Crippen LogP contribution in [0.5, 0.6) is 5.75 Å². The summed E-state index contributed by atoms with van der Waals surface area (Å²) < 4.78 is 11.2. The van der Waals surface area contributed by atoms with Crippen molar-refractivity contribution < 1.29 is 19.1 Å². The zero-order chi connectivity index (χ0) is 23.1. The Kier molecular flexibility index (Phi) is 8.70. The first-order valence-electron chi connectivity index (χ1n) is 11.7. The fourth-order valence-electron chi connectivity index (χ4n) is 4.43. The molecule has 2 aliphatic heterocycles. The number of benzene rings is 1. The molecule has 0 atom stereocenters. The number of unbranched alkanes of at least 4 members (excludes halogenated alkanes) is 1. The molecule has 0 saturated carbocycles. The minimum Gasteiger partial charge on any atom is -0.496 e. The molecule has 7 nitrogen and oxygen atoms in total. The second-order valence-electron chi connectivity index (χ2n) is 8.65. The molecule has 1 saturated heterocycles. The number of rotatable bonds is 11. The van der Waals surface area contributed by atoms with Gasteiger partial charge in [-0.2, -0.15) is 0 Å². The van der Waals surface area contributed by atoms with Gasteiger partial charge >= 0.3 is 0 Å². The van der Waals surface area contributed by atoms with Gasteiger partial charge in [-0.1, -0.05) is 31.5 Å². The molecule has 3 rings (SSSR count). The molecule has 32 heavy (non-hydrogen) atoms. The van der Waals surface area contributed by atoms with Gasteiger partial charge in [0, 0.05) is 38.4 Å². The Morgan fingerprint density at radius 3 is 2.44 bits per heavy atom. The maximum Gasteiger partial charge on any atom is 0.277 e. The van der Waals surface area contributed by atoms with Crippen LogP contribution in [0.3, 0.4) is 0 Å². The zero-order valence-electron chi connectivity index (χ0n) is 19.9. The van der Waals surface area contributed by atoms with Crippen LogP contribution in [0.4, 0.5) is 0 Å². The first-order valence-corrected chi connectivity index (χ1v) is 11.7. The lowest BCUT2D eigenvalue weighted by Crippen LogP contribution is -2.43. The van der Waals surface area contributed by atoms with Crippen molar-refractivity contribution in [3.63, 3.8) is 0 Å². The molecule has 0 aromatic heterocycles. The molecular formula is C25H37N3O4. The summed E-state index contributed by atoms with van der Waals surface area (Å²) in [5.74, 6) is 0.136. The number of para-hydroxylation sites is 1. The van der Waals surface area contributed by atoms with E-state index in [1.54, 1.807) is 7.11 Å². The minimum atomic E-state index is -0.247. The van der Waals surface area contributed by atoms with Crippen molar-refractivity contribution in [3.8, 4) is 5.75 Å². The standard InChI is InChI=1S/C25H37N3O4/c1-5-6-17-32-18-9-14-28-24(29)22(20-10-7-8-11-21(20)31-4)23(25(28)30)27(3)19-12-15-26(2)16-13-19/h7-8,10-11,19H,5-6,9,12-18H2,1-4H3. The van der Waals surface area contributed by atoms with Crippen molar-refractivity contribution in [2.45, 2.75) is 45.1 Å². The Balaban J connectivity index is 1.86. The normalized spacial score (nSPS) is 18.1. The highest BCUT2D eigenvalue weighted by Crippen LogP contribution is 2.37. The van der Waals surface area contributed by atoms with Crippen molar-refractivity contribution in [2.24, 2.45) is 0 Å². The van der Waals surface area contributed by atoms with Gasteiger partial charge < -0.3 is 19.3 Å².